The summed E-state index contributed by atoms with van der Waals surface area (Å²) in [5.74, 6) is -2.00. The Kier molecular flexibility index (Phi) is 11.2. The van der Waals surface area contributed by atoms with Crippen molar-refractivity contribution >= 4 is 51.0 Å². The molecule has 0 bridgehead atoms. The molecule has 14 heteroatoms. The average molecular weight is 725 g/mol. The molecule has 2 aromatic carbocycles. The molecular formula is C36H45ClN6O6S. The Morgan fingerprint density at radius 3 is 2.40 bits per heavy atom. The van der Waals surface area contributed by atoms with E-state index in [9.17, 15) is 27.6 Å². The third kappa shape index (κ3) is 8.38. The zero-order valence-electron chi connectivity index (χ0n) is 28.3. The van der Waals surface area contributed by atoms with Crippen molar-refractivity contribution in [2.24, 2.45) is 10.9 Å². The van der Waals surface area contributed by atoms with Gasteiger partial charge in [0.05, 0.1) is 10.9 Å². The van der Waals surface area contributed by atoms with Gasteiger partial charge in [-0.25, -0.2) is 8.42 Å². The number of piperazine rings is 1. The number of nitrogens with one attached hydrogen (secondary N) is 3. The number of fused-ring (bicyclic) bond motifs is 1. The van der Waals surface area contributed by atoms with Crippen LogP contribution in [-0.2, 0) is 35.7 Å². The van der Waals surface area contributed by atoms with Gasteiger partial charge in [0.25, 0.3) is 15.9 Å². The van der Waals surface area contributed by atoms with Crippen molar-refractivity contribution in [3.63, 3.8) is 0 Å². The van der Waals surface area contributed by atoms with E-state index >= 15 is 0 Å². The SMILES string of the molecule is CCC[C@H](NC(=O)[C@H]1CN(C(=O)[C@@H](N=C2NS(=O)(=O)c3ccccc32)C2CCCCC2)CCN1Cc1ccc(Cl)cc1)C(=O)C(=O)NC1CC1. The highest BCUT2D eigenvalue weighted by Gasteiger charge is 2.41. The highest BCUT2D eigenvalue weighted by molar-refractivity contribution is 7.90. The number of aliphatic imine (C=N–C) groups is 1. The number of carbonyl (C=O) groups is 4. The first-order valence-corrected chi connectivity index (χ1v) is 19.5. The number of hydrogen-bond donors (Lipinski definition) is 3. The average Bonchev–Trinajstić information content (AvgIpc) is 3.90. The molecule has 3 amide bonds. The number of sulfonamides is 1. The molecule has 2 heterocycles. The van der Waals surface area contributed by atoms with E-state index in [1.807, 2.05) is 24.0 Å². The van der Waals surface area contributed by atoms with Crippen LogP contribution in [0.15, 0.2) is 58.4 Å². The minimum absolute atomic E-state index is 0.00548. The van der Waals surface area contributed by atoms with Gasteiger partial charge < -0.3 is 15.5 Å². The summed E-state index contributed by atoms with van der Waals surface area (Å²) < 4.78 is 28.4. The number of hydrogen-bond acceptors (Lipinski definition) is 8. The Labute approximate surface area is 298 Å². The van der Waals surface area contributed by atoms with Gasteiger partial charge in [-0.1, -0.05) is 68.5 Å². The molecule has 3 atom stereocenters. The minimum atomic E-state index is -3.80. The molecule has 2 aliphatic carbocycles. The van der Waals surface area contributed by atoms with Gasteiger partial charge in [-0.05, 0) is 67.9 Å². The third-order valence-electron chi connectivity index (χ3n) is 10.0. The molecule has 1 saturated heterocycles. The summed E-state index contributed by atoms with van der Waals surface area (Å²) in [7, 11) is -3.80. The lowest BCUT2D eigenvalue weighted by molar-refractivity contribution is -0.143. The van der Waals surface area contributed by atoms with Crippen molar-refractivity contribution < 1.29 is 27.6 Å². The summed E-state index contributed by atoms with van der Waals surface area (Å²) >= 11 is 6.13. The van der Waals surface area contributed by atoms with Crippen LogP contribution in [0.5, 0.6) is 0 Å². The molecule has 0 unspecified atom stereocenters. The van der Waals surface area contributed by atoms with Gasteiger partial charge in [0, 0.05) is 42.8 Å². The molecule has 12 nitrogen and oxygen atoms in total. The van der Waals surface area contributed by atoms with E-state index in [1.165, 1.54) is 6.07 Å². The number of benzene rings is 2. The van der Waals surface area contributed by atoms with Gasteiger partial charge in [-0.3, -0.25) is 33.8 Å². The Balaban J connectivity index is 1.27. The Morgan fingerprint density at radius 2 is 1.70 bits per heavy atom. The summed E-state index contributed by atoms with van der Waals surface area (Å²) in [5.41, 5.74) is 1.36. The second-order valence-electron chi connectivity index (χ2n) is 13.8. The van der Waals surface area contributed by atoms with E-state index in [1.54, 1.807) is 35.2 Å². The molecule has 3 N–H and O–H groups in total. The summed E-state index contributed by atoms with van der Waals surface area (Å²) in [6, 6.07) is 11.3. The van der Waals surface area contributed by atoms with Crippen molar-refractivity contribution in [2.45, 2.75) is 100 Å². The van der Waals surface area contributed by atoms with Gasteiger partial charge in [0.2, 0.25) is 17.6 Å². The Morgan fingerprint density at radius 1 is 0.980 bits per heavy atom. The number of amidine groups is 1. The van der Waals surface area contributed by atoms with Crippen LogP contribution in [0.1, 0.15) is 75.8 Å². The molecule has 4 aliphatic rings. The summed E-state index contributed by atoms with van der Waals surface area (Å²) in [4.78, 5) is 63.1. The van der Waals surface area contributed by atoms with Crippen LogP contribution in [0.2, 0.25) is 5.02 Å². The zero-order chi connectivity index (χ0) is 35.4. The number of nitrogens with zero attached hydrogens (tertiary/aromatic N) is 3. The molecule has 2 aliphatic heterocycles. The predicted molar refractivity (Wildman–Crippen MR) is 189 cm³/mol. The van der Waals surface area contributed by atoms with E-state index < -0.39 is 45.7 Å². The highest BCUT2D eigenvalue weighted by atomic mass is 35.5. The standard InChI is InChI=1S/C36H45ClN6O6S/c1-2-8-28(32(44)35(46)38-26-17-18-26)39-34(45)29-22-43(20-19-42(29)21-23-13-15-25(37)16-14-23)36(47)31(24-9-4-3-5-10-24)40-33-27-11-6-7-12-30(27)50(48,49)41-33/h6-7,11-16,24,26,28-29,31H,2-5,8-10,17-22H2,1H3,(H,38,46)(H,39,45)(H,40,41)/t28-,29+,31-/m0/s1. The maximum Gasteiger partial charge on any atom is 0.289 e. The van der Waals surface area contributed by atoms with Gasteiger partial charge >= 0.3 is 0 Å². The fourth-order valence-electron chi connectivity index (χ4n) is 7.12. The van der Waals surface area contributed by atoms with E-state index in [-0.39, 0.29) is 35.1 Å². The minimum Gasteiger partial charge on any atom is -0.347 e. The van der Waals surface area contributed by atoms with Crippen LogP contribution in [0.4, 0.5) is 0 Å². The fraction of sp³-hybridized carbons (Fsp3) is 0.528. The van der Waals surface area contributed by atoms with E-state index in [0.717, 1.165) is 50.5 Å². The number of Topliss-reactive ketones (excluding diaryl/α,β-unsaturated/α-hetero) is 1. The molecule has 2 aromatic rings. The first-order valence-electron chi connectivity index (χ1n) is 17.7. The van der Waals surface area contributed by atoms with Gasteiger partial charge in [0.15, 0.2) is 0 Å². The van der Waals surface area contributed by atoms with Crippen molar-refractivity contribution in [3.8, 4) is 0 Å². The number of ketones is 1. The largest absolute Gasteiger partial charge is 0.347 e. The number of rotatable bonds is 12. The predicted octanol–water partition coefficient (Wildman–Crippen LogP) is 3.17. The molecule has 0 aromatic heterocycles. The quantitative estimate of drug-likeness (QED) is 0.284. The molecule has 6 rings (SSSR count). The van der Waals surface area contributed by atoms with Crippen molar-refractivity contribution in [1.29, 1.82) is 0 Å². The fourth-order valence-corrected chi connectivity index (χ4v) is 8.48. The Hall–Kier alpha value is -3.81. The van der Waals surface area contributed by atoms with Gasteiger partial charge in [0.1, 0.15) is 17.9 Å². The van der Waals surface area contributed by atoms with Crippen LogP contribution in [0, 0.1) is 5.92 Å². The van der Waals surface area contributed by atoms with Crippen LogP contribution >= 0.6 is 11.6 Å². The summed E-state index contributed by atoms with van der Waals surface area (Å²) in [5, 5.41) is 6.18. The van der Waals surface area contributed by atoms with Crippen LogP contribution in [-0.4, -0.2) is 91.4 Å². The maximum atomic E-state index is 14.5. The van der Waals surface area contributed by atoms with Crippen molar-refractivity contribution in [3.05, 3.63) is 64.7 Å². The molecule has 0 spiro atoms. The molecule has 0 radical (unpaired) electrons. The first kappa shape index (κ1) is 36.0. The topological polar surface area (TPSA) is 157 Å². The summed E-state index contributed by atoms with van der Waals surface area (Å²) in [6.07, 6.45) is 7.07. The lowest BCUT2D eigenvalue weighted by Crippen LogP contribution is -2.62. The van der Waals surface area contributed by atoms with Gasteiger partial charge in [-0.2, -0.15) is 0 Å². The Bertz CT molecular complexity index is 1740. The summed E-state index contributed by atoms with van der Waals surface area (Å²) in [6.45, 7) is 3.02. The highest BCUT2D eigenvalue weighted by Crippen LogP contribution is 2.32. The van der Waals surface area contributed by atoms with Crippen LogP contribution in [0.25, 0.3) is 0 Å². The number of carbonyl (C=O) groups excluding carboxylic acids is 4. The molecular weight excluding hydrogens is 680 g/mol. The lowest BCUT2D eigenvalue weighted by Gasteiger charge is -2.42. The molecule has 3 fully saturated rings. The van der Waals surface area contributed by atoms with Gasteiger partial charge in [-0.15, -0.1) is 0 Å². The van der Waals surface area contributed by atoms with Crippen molar-refractivity contribution in [2.75, 3.05) is 19.6 Å². The van der Waals surface area contributed by atoms with E-state index in [0.29, 0.717) is 43.1 Å². The second-order valence-corrected chi connectivity index (χ2v) is 15.9. The van der Waals surface area contributed by atoms with E-state index in [2.05, 4.69) is 15.4 Å². The van der Waals surface area contributed by atoms with Crippen LogP contribution in [0.3, 0.4) is 0 Å². The monoisotopic (exact) mass is 724 g/mol. The molecule has 50 heavy (non-hydrogen) atoms. The smallest absolute Gasteiger partial charge is 0.289 e. The molecule has 2 saturated carbocycles. The maximum absolute atomic E-state index is 14.5. The number of amides is 3. The number of halogens is 1. The second kappa shape index (κ2) is 15.6. The normalized spacial score (nSPS) is 22.6. The van der Waals surface area contributed by atoms with Crippen molar-refractivity contribution in [1.82, 2.24) is 25.2 Å². The lowest BCUT2D eigenvalue weighted by atomic mass is 9.83. The van der Waals surface area contributed by atoms with Crippen LogP contribution < -0.4 is 15.4 Å². The van der Waals surface area contributed by atoms with E-state index in [4.69, 9.17) is 16.6 Å². The first-order chi connectivity index (χ1) is 24.0. The third-order valence-corrected chi connectivity index (χ3v) is 11.7. The zero-order valence-corrected chi connectivity index (χ0v) is 29.8. The molecule has 268 valence electrons.